The van der Waals surface area contributed by atoms with Crippen LogP contribution in [0.3, 0.4) is 0 Å². The maximum absolute atomic E-state index is 10.8. The van der Waals surface area contributed by atoms with Gasteiger partial charge in [0, 0.05) is 0 Å². The van der Waals surface area contributed by atoms with Crippen LogP contribution in [0.2, 0.25) is 0 Å². The van der Waals surface area contributed by atoms with E-state index in [1.807, 2.05) is 0 Å². The number of nitriles is 1. The fraction of sp³-hybridized carbons (Fsp3) is 0.923. The van der Waals surface area contributed by atoms with Gasteiger partial charge < -0.3 is 9.84 Å². The van der Waals surface area contributed by atoms with Gasteiger partial charge in [-0.05, 0) is 44.4 Å². The van der Waals surface area contributed by atoms with E-state index in [-0.39, 0.29) is 12.2 Å². The monoisotopic (exact) mass is 221 g/mol. The minimum absolute atomic E-state index is 0.0159. The van der Waals surface area contributed by atoms with Gasteiger partial charge in [-0.3, -0.25) is 0 Å². The molecule has 0 aromatic heterocycles. The van der Waals surface area contributed by atoms with E-state index in [1.165, 1.54) is 0 Å². The van der Waals surface area contributed by atoms with Crippen molar-refractivity contribution in [2.45, 2.75) is 63.3 Å². The number of hydrogen-bond acceptors (Lipinski definition) is 3. The molecule has 2 aliphatic heterocycles. The Morgan fingerprint density at radius 3 is 2.56 bits per heavy atom. The van der Waals surface area contributed by atoms with E-state index < -0.39 is 11.0 Å². The van der Waals surface area contributed by atoms with Gasteiger partial charge in [0.15, 0.2) is 0 Å². The van der Waals surface area contributed by atoms with Gasteiger partial charge in [-0.15, -0.1) is 0 Å². The lowest BCUT2D eigenvalue weighted by Gasteiger charge is -2.41. The van der Waals surface area contributed by atoms with Crippen LogP contribution in [-0.2, 0) is 4.74 Å². The topological polar surface area (TPSA) is 53.2 Å². The number of nitrogens with zero attached hydrogens (tertiary/aromatic N) is 1. The number of hydrogen-bond donors (Lipinski definition) is 1. The summed E-state index contributed by atoms with van der Waals surface area (Å²) in [6, 6.07) is 2.44. The van der Waals surface area contributed by atoms with Gasteiger partial charge in [-0.25, -0.2) is 0 Å². The number of rotatable bonds is 1. The molecule has 2 heterocycles. The molecule has 88 valence electrons. The maximum atomic E-state index is 10.8. The maximum Gasteiger partial charge on any atom is 0.114 e. The van der Waals surface area contributed by atoms with Crippen LogP contribution < -0.4 is 0 Å². The van der Waals surface area contributed by atoms with Gasteiger partial charge in [0.2, 0.25) is 0 Å². The normalized spacial score (nSPS) is 55.4. The van der Waals surface area contributed by atoms with E-state index in [2.05, 4.69) is 13.0 Å². The first-order chi connectivity index (χ1) is 7.60. The van der Waals surface area contributed by atoms with Crippen LogP contribution in [0.1, 0.15) is 45.4 Å². The van der Waals surface area contributed by atoms with Crippen molar-refractivity contribution in [2.24, 2.45) is 11.3 Å². The van der Waals surface area contributed by atoms with Gasteiger partial charge in [-0.2, -0.15) is 5.26 Å². The van der Waals surface area contributed by atoms with E-state index in [4.69, 9.17) is 4.74 Å². The predicted octanol–water partition coefficient (Wildman–Crippen LogP) is 2.00. The Kier molecular flexibility index (Phi) is 2.12. The third-order valence-electron chi connectivity index (χ3n) is 4.97. The van der Waals surface area contributed by atoms with Crippen LogP contribution in [-0.4, -0.2) is 22.9 Å². The lowest BCUT2D eigenvalue weighted by Crippen LogP contribution is -2.51. The Morgan fingerprint density at radius 1 is 1.31 bits per heavy atom. The first-order valence-corrected chi connectivity index (χ1v) is 6.39. The molecule has 0 aromatic carbocycles. The summed E-state index contributed by atoms with van der Waals surface area (Å²) in [5, 5.41) is 20.4. The minimum atomic E-state index is -0.791. The van der Waals surface area contributed by atoms with Crippen molar-refractivity contribution in [3.63, 3.8) is 0 Å². The van der Waals surface area contributed by atoms with Crippen LogP contribution in [0.15, 0.2) is 0 Å². The van der Waals surface area contributed by atoms with Crippen molar-refractivity contribution in [1.29, 1.82) is 5.26 Å². The zero-order valence-electron chi connectivity index (χ0n) is 9.78. The average Bonchev–Trinajstić information content (AvgIpc) is 2.93. The van der Waals surface area contributed by atoms with Gasteiger partial charge >= 0.3 is 0 Å². The van der Waals surface area contributed by atoms with Crippen LogP contribution in [0.25, 0.3) is 0 Å². The molecule has 3 aliphatic rings. The van der Waals surface area contributed by atoms with Crippen LogP contribution >= 0.6 is 0 Å². The summed E-state index contributed by atoms with van der Waals surface area (Å²) >= 11 is 0. The Hall–Kier alpha value is -0.590. The summed E-state index contributed by atoms with van der Waals surface area (Å²) < 4.78 is 5.81. The molecular formula is C13H19NO2. The van der Waals surface area contributed by atoms with E-state index in [1.54, 1.807) is 0 Å². The van der Waals surface area contributed by atoms with Gasteiger partial charge in [0.1, 0.15) is 5.41 Å². The zero-order valence-corrected chi connectivity index (χ0v) is 9.78. The zero-order chi connectivity index (χ0) is 11.4. The Labute approximate surface area is 96.4 Å². The Balaban J connectivity index is 1.95. The number of fused-ring (bicyclic) bond motifs is 2. The second kappa shape index (κ2) is 3.21. The van der Waals surface area contributed by atoms with Crippen molar-refractivity contribution in [3.05, 3.63) is 0 Å². The molecule has 2 saturated heterocycles. The molecule has 1 aliphatic carbocycles. The molecule has 3 rings (SSSR count). The van der Waals surface area contributed by atoms with Gasteiger partial charge in [0.05, 0.1) is 23.9 Å². The minimum Gasteiger partial charge on any atom is -0.388 e. The highest BCUT2D eigenvalue weighted by atomic mass is 16.5. The van der Waals surface area contributed by atoms with Crippen LogP contribution in [0.4, 0.5) is 0 Å². The third-order valence-corrected chi connectivity index (χ3v) is 4.97. The lowest BCUT2D eigenvalue weighted by molar-refractivity contribution is -0.0820. The first-order valence-electron chi connectivity index (χ1n) is 6.39. The van der Waals surface area contributed by atoms with Gasteiger partial charge in [0.25, 0.3) is 0 Å². The molecule has 5 atom stereocenters. The quantitative estimate of drug-likeness (QED) is 0.736. The summed E-state index contributed by atoms with van der Waals surface area (Å²) in [6.07, 6.45) is 5.56. The van der Waals surface area contributed by atoms with E-state index >= 15 is 0 Å². The SMILES string of the molecule is CC1CCC(O)(C2(C#N)CC3CCC2O3)C1. The molecule has 0 radical (unpaired) electrons. The van der Waals surface area contributed by atoms with Crippen molar-refractivity contribution in [2.75, 3.05) is 0 Å². The highest BCUT2D eigenvalue weighted by molar-refractivity contribution is 5.22. The van der Waals surface area contributed by atoms with E-state index in [0.717, 1.165) is 38.5 Å². The Morgan fingerprint density at radius 2 is 2.12 bits per heavy atom. The summed E-state index contributed by atoms with van der Waals surface area (Å²) in [6.45, 7) is 2.16. The predicted molar refractivity (Wildman–Crippen MR) is 58.5 cm³/mol. The van der Waals surface area contributed by atoms with Crippen LogP contribution in [0.5, 0.6) is 0 Å². The summed E-state index contributed by atoms with van der Waals surface area (Å²) in [5.74, 6) is 0.536. The summed E-state index contributed by atoms with van der Waals surface area (Å²) in [4.78, 5) is 0. The van der Waals surface area contributed by atoms with E-state index in [0.29, 0.717) is 5.92 Å². The lowest BCUT2D eigenvalue weighted by atomic mass is 9.63. The van der Waals surface area contributed by atoms with E-state index in [9.17, 15) is 10.4 Å². The second-order valence-corrected chi connectivity index (χ2v) is 5.99. The Bertz CT molecular complexity index is 350. The largest absolute Gasteiger partial charge is 0.388 e. The average molecular weight is 221 g/mol. The van der Waals surface area contributed by atoms with Crippen molar-refractivity contribution >= 4 is 0 Å². The molecule has 1 saturated carbocycles. The van der Waals surface area contributed by atoms with Gasteiger partial charge in [-0.1, -0.05) is 6.92 Å². The molecule has 16 heavy (non-hydrogen) atoms. The molecular weight excluding hydrogens is 202 g/mol. The number of ether oxygens (including phenoxy) is 1. The van der Waals surface area contributed by atoms with Crippen LogP contribution in [0, 0.1) is 22.7 Å². The molecule has 0 spiro atoms. The molecule has 1 N–H and O–H groups in total. The third kappa shape index (κ3) is 1.15. The molecule has 0 aromatic rings. The smallest absolute Gasteiger partial charge is 0.114 e. The van der Waals surface area contributed by atoms with Crippen molar-refractivity contribution in [3.8, 4) is 6.07 Å². The molecule has 3 fully saturated rings. The molecule has 0 amide bonds. The molecule has 5 unspecified atom stereocenters. The van der Waals surface area contributed by atoms with Crippen molar-refractivity contribution < 1.29 is 9.84 Å². The summed E-state index contributed by atoms with van der Waals surface area (Å²) in [7, 11) is 0. The van der Waals surface area contributed by atoms with Crippen molar-refractivity contribution in [1.82, 2.24) is 0 Å². The number of aliphatic hydroxyl groups is 1. The second-order valence-electron chi connectivity index (χ2n) is 5.99. The highest BCUT2D eigenvalue weighted by Gasteiger charge is 2.64. The highest BCUT2D eigenvalue weighted by Crippen LogP contribution is 2.58. The fourth-order valence-corrected chi connectivity index (χ4v) is 4.09. The standard InChI is InChI=1S/C13H19NO2/c1-9-4-5-13(15,6-9)12(8-14)7-10-2-3-11(12)16-10/h9-11,15H,2-7H2,1H3. The first kappa shape index (κ1) is 10.6. The fourth-order valence-electron chi connectivity index (χ4n) is 4.09. The summed E-state index contributed by atoms with van der Waals surface area (Å²) in [5.41, 5.74) is -1.40. The molecule has 3 heteroatoms. The molecule has 3 nitrogen and oxygen atoms in total. The molecule has 2 bridgehead atoms.